The van der Waals surface area contributed by atoms with Crippen LogP contribution in [0.25, 0.3) is 0 Å². The van der Waals surface area contributed by atoms with Crippen LogP contribution in [0.5, 0.6) is 0 Å². The maximum atomic E-state index is 12.3. The molecule has 0 radical (unpaired) electrons. The molecule has 128 valence electrons. The van der Waals surface area contributed by atoms with Gasteiger partial charge in [0.2, 0.25) is 5.91 Å². The Morgan fingerprint density at radius 1 is 1.33 bits per heavy atom. The minimum atomic E-state index is -0.743. The van der Waals surface area contributed by atoms with Crippen molar-refractivity contribution in [3.8, 4) is 0 Å². The summed E-state index contributed by atoms with van der Waals surface area (Å²) in [5, 5.41) is 13.4. The van der Waals surface area contributed by atoms with Crippen molar-refractivity contribution in [2.75, 3.05) is 13.1 Å². The monoisotopic (exact) mass is 331 g/mol. The molecule has 0 aliphatic heterocycles. The lowest BCUT2D eigenvalue weighted by molar-refractivity contribution is -0.385. The molecule has 2 amide bonds. The normalized spacial score (nSPS) is 11.2. The quantitative estimate of drug-likeness (QED) is 0.449. The van der Waals surface area contributed by atoms with Crippen molar-refractivity contribution in [2.45, 2.75) is 19.9 Å². The van der Waals surface area contributed by atoms with Crippen molar-refractivity contribution in [2.24, 2.45) is 0 Å². The van der Waals surface area contributed by atoms with E-state index >= 15 is 0 Å². The second-order valence-corrected chi connectivity index (χ2v) is 5.27. The molecule has 0 saturated heterocycles. The Bertz CT molecular complexity index is 660. The van der Waals surface area contributed by atoms with Crippen LogP contribution in [0.2, 0.25) is 0 Å². The number of aryl methyl sites for hydroxylation is 1. The number of benzene rings is 1. The Kier molecular flexibility index (Phi) is 6.85. The van der Waals surface area contributed by atoms with Crippen LogP contribution in [0.3, 0.4) is 0 Å². The zero-order valence-electron chi connectivity index (χ0n) is 13.8. The van der Waals surface area contributed by atoms with Crippen LogP contribution in [0, 0.1) is 17.0 Å². The van der Waals surface area contributed by atoms with E-state index in [0.29, 0.717) is 18.7 Å². The largest absolute Gasteiger partial charge is 0.341 e. The third-order valence-electron chi connectivity index (χ3n) is 3.38. The van der Waals surface area contributed by atoms with Crippen LogP contribution >= 0.6 is 0 Å². The highest BCUT2D eigenvalue weighted by Crippen LogP contribution is 2.18. The van der Waals surface area contributed by atoms with Crippen molar-refractivity contribution in [3.63, 3.8) is 0 Å². The van der Waals surface area contributed by atoms with Gasteiger partial charge >= 0.3 is 0 Å². The maximum absolute atomic E-state index is 12.3. The number of rotatable bonds is 8. The summed E-state index contributed by atoms with van der Waals surface area (Å²) in [5.41, 5.74) is 0.585. The Labute approximate surface area is 140 Å². The second kappa shape index (κ2) is 8.61. The van der Waals surface area contributed by atoms with E-state index in [2.05, 4.69) is 18.5 Å². The zero-order chi connectivity index (χ0) is 18.3. The molecule has 0 saturated carbocycles. The van der Waals surface area contributed by atoms with Gasteiger partial charge in [0, 0.05) is 30.3 Å². The third-order valence-corrected chi connectivity index (χ3v) is 3.38. The molecule has 24 heavy (non-hydrogen) atoms. The van der Waals surface area contributed by atoms with E-state index in [4.69, 9.17) is 0 Å². The highest BCUT2D eigenvalue weighted by Gasteiger charge is 2.22. The first-order valence-electron chi connectivity index (χ1n) is 7.38. The molecule has 7 nitrogen and oxygen atoms in total. The lowest BCUT2D eigenvalue weighted by Crippen LogP contribution is -2.47. The van der Waals surface area contributed by atoms with E-state index in [1.807, 2.05) is 0 Å². The van der Waals surface area contributed by atoms with Crippen molar-refractivity contribution in [3.05, 3.63) is 64.8 Å². The number of nitrogens with zero attached hydrogens (tertiary/aromatic N) is 2. The molecule has 0 aliphatic rings. The van der Waals surface area contributed by atoms with Gasteiger partial charge in [-0.1, -0.05) is 12.2 Å². The Morgan fingerprint density at radius 2 is 1.92 bits per heavy atom. The van der Waals surface area contributed by atoms with E-state index < -0.39 is 16.9 Å². The predicted molar refractivity (Wildman–Crippen MR) is 91.7 cm³/mol. The van der Waals surface area contributed by atoms with Crippen LogP contribution in [0.1, 0.15) is 22.8 Å². The molecule has 0 bridgehead atoms. The van der Waals surface area contributed by atoms with Gasteiger partial charge < -0.3 is 10.2 Å². The first-order chi connectivity index (χ1) is 11.3. The standard InChI is InChI=1S/C17H21N3O4/c1-5-9-19(10-6-2)17(22)13(4)18-16(21)14-7-8-15(20(23)24)12(3)11-14/h5-8,11,13H,1-2,9-10H2,3-4H3,(H,18,21). The summed E-state index contributed by atoms with van der Waals surface area (Å²) in [5.74, 6) is -0.729. The summed E-state index contributed by atoms with van der Waals surface area (Å²) in [4.78, 5) is 36.4. The van der Waals surface area contributed by atoms with Gasteiger partial charge in [-0.3, -0.25) is 19.7 Å². The lowest BCUT2D eigenvalue weighted by atomic mass is 10.1. The number of carbonyl (C=O) groups is 2. The van der Waals surface area contributed by atoms with Crippen LogP contribution in [-0.2, 0) is 4.79 Å². The molecule has 1 aromatic carbocycles. The molecule has 1 unspecified atom stereocenters. The predicted octanol–water partition coefficient (Wildman–Crippen LogP) is 2.22. The summed E-state index contributed by atoms with van der Waals surface area (Å²) in [6.07, 6.45) is 3.19. The fourth-order valence-corrected chi connectivity index (χ4v) is 2.18. The van der Waals surface area contributed by atoms with Gasteiger partial charge in [0.15, 0.2) is 0 Å². The minimum Gasteiger partial charge on any atom is -0.341 e. The first kappa shape index (κ1) is 19.1. The van der Waals surface area contributed by atoms with Crippen LogP contribution < -0.4 is 5.32 Å². The second-order valence-electron chi connectivity index (χ2n) is 5.27. The van der Waals surface area contributed by atoms with Crippen LogP contribution in [-0.4, -0.2) is 40.8 Å². The van der Waals surface area contributed by atoms with E-state index in [0.717, 1.165) is 0 Å². The van der Waals surface area contributed by atoms with Gasteiger partial charge in [-0.25, -0.2) is 0 Å². The molecule has 0 heterocycles. The molecular formula is C17H21N3O4. The summed E-state index contributed by atoms with van der Waals surface area (Å²) < 4.78 is 0. The Balaban J connectivity index is 2.84. The van der Waals surface area contributed by atoms with Gasteiger partial charge in [0.05, 0.1) is 4.92 Å². The number of nitro benzene ring substituents is 1. The highest BCUT2D eigenvalue weighted by molar-refractivity contribution is 5.97. The van der Waals surface area contributed by atoms with Crippen molar-refractivity contribution in [1.29, 1.82) is 0 Å². The van der Waals surface area contributed by atoms with Gasteiger partial charge in [0.1, 0.15) is 6.04 Å². The smallest absolute Gasteiger partial charge is 0.272 e. The fraction of sp³-hybridized carbons (Fsp3) is 0.294. The van der Waals surface area contributed by atoms with Gasteiger partial charge in [-0.15, -0.1) is 13.2 Å². The molecule has 7 heteroatoms. The molecule has 0 aliphatic carbocycles. The van der Waals surface area contributed by atoms with Gasteiger partial charge in [-0.2, -0.15) is 0 Å². The topological polar surface area (TPSA) is 92.6 Å². The molecular weight excluding hydrogens is 310 g/mol. The van der Waals surface area contributed by atoms with Crippen LogP contribution in [0.4, 0.5) is 5.69 Å². The minimum absolute atomic E-state index is 0.0567. The van der Waals surface area contributed by atoms with Crippen molar-refractivity contribution >= 4 is 17.5 Å². The molecule has 1 atom stereocenters. The average molecular weight is 331 g/mol. The number of nitrogens with one attached hydrogen (secondary N) is 1. The maximum Gasteiger partial charge on any atom is 0.272 e. The SMILES string of the molecule is C=CCN(CC=C)C(=O)C(C)NC(=O)c1ccc([N+](=O)[O-])c(C)c1. The first-order valence-corrected chi connectivity index (χ1v) is 7.38. The van der Waals surface area contributed by atoms with Crippen LogP contribution in [0.15, 0.2) is 43.5 Å². The van der Waals surface area contributed by atoms with E-state index in [-0.39, 0.29) is 17.2 Å². The molecule has 0 fully saturated rings. The molecule has 0 aromatic heterocycles. The molecule has 0 spiro atoms. The Morgan fingerprint density at radius 3 is 2.38 bits per heavy atom. The molecule has 1 aromatic rings. The number of carbonyl (C=O) groups excluding carboxylic acids is 2. The van der Waals surface area contributed by atoms with Crippen molar-refractivity contribution in [1.82, 2.24) is 10.2 Å². The zero-order valence-corrected chi connectivity index (χ0v) is 13.8. The summed E-state index contributed by atoms with van der Waals surface area (Å²) in [6.45, 7) is 11.0. The van der Waals surface area contributed by atoms with Gasteiger partial charge in [-0.05, 0) is 26.0 Å². The summed E-state index contributed by atoms with van der Waals surface area (Å²) in [6, 6.07) is 3.32. The Hall–Kier alpha value is -2.96. The number of hydrogen-bond donors (Lipinski definition) is 1. The fourth-order valence-electron chi connectivity index (χ4n) is 2.18. The van der Waals surface area contributed by atoms with Gasteiger partial charge in [0.25, 0.3) is 11.6 Å². The van der Waals surface area contributed by atoms with E-state index in [9.17, 15) is 19.7 Å². The lowest BCUT2D eigenvalue weighted by Gasteiger charge is -2.23. The number of hydrogen-bond acceptors (Lipinski definition) is 4. The summed E-state index contributed by atoms with van der Waals surface area (Å²) in [7, 11) is 0. The highest BCUT2D eigenvalue weighted by atomic mass is 16.6. The molecule has 1 N–H and O–H groups in total. The average Bonchev–Trinajstić information content (AvgIpc) is 2.53. The third kappa shape index (κ3) is 4.77. The number of nitro groups is 1. The van der Waals surface area contributed by atoms with Crippen molar-refractivity contribution < 1.29 is 14.5 Å². The van der Waals surface area contributed by atoms with E-state index in [1.165, 1.54) is 23.1 Å². The summed E-state index contributed by atoms with van der Waals surface area (Å²) >= 11 is 0. The number of amides is 2. The molecule has 1 rings (SSSR count). The van der Waals surface area contributed by atoms with E-state index in [1.54, 1.807) is 26.0 Å².